The van der Waals surface area contributed by atoms with Gasteiger partial charge < -0.3 is 15.7 Å². The van der Waals surface area contributed by atoms with Gasteiger partial charge in [0, 0.05) is 29.6 Å². The lowest BCUT2D eigenvalue weighted by Crippen LogP contribution is -2.45. The Morgan fingerprint density at radius 3 is 2.81 bits per heavy atom. The van der Waals surface area contributed by atoms with Crippen molar-refractivity contribution in [2.75, 3.05) is 25.5 Å². The maximum absolute atomic E-state index is 12.2. The molecule has 1 aliphatic heterocycles. The van der Waals surface area contributed by atoms with Crippen molar-refractivity contribution in [1.82, 2.24) is 10.6 Å². The molecule has 0 bridgehead atoms. The molecule has 0 spiro atoms. The minimum absolute atomic E-state index is 0.0526. The lowest BCUT2D eigenvalue weighted by molar-refractivity contribution is -0.118. The molecular weight excluding hydrogens is 431 g/mol. The van der Waals surface area contributed by atoms with Crippen LogP contribution in [0, 0.1) is 5.92 Å². The average Bonchev–Trinajstić information content (AvgIpc) is 2.81. The predicted molar refractivity (Wildman–Crippen MR) is 129 cm³/mol. The zero-order valence-electron chi connectivity index (χ0n) is 18.1. The van der Waals surface area contributed by atoms with Crippen LogP contribution in [-0.4, -0.2) is 36.5 Å². The van der Waals surface area contributed by atoms with Gasteiger partial charge >= 0.3 is 0 Å². The Kier molecular flexibility index (Phi) is 8.79. The van der Waals surface area contributed by atoms with Crippen molar-refractivity contribution >= 4 is 29.1 Å². The third-order valence-corrected chi connectivity index (χ3v) is 6.81. The molecule has 31 heavy (non-hydrogen) atoms. The van der Waals surface area contributed by atoms with E-state index >= 15 is 0 Å². The fourth-order valence-corrected chi connectivity index (χ4v) is 4.95. The van der Waals surface area contributed by atoms with Crippen LogP contribution in [-0.2, 0) is 16.8 Å². The van der Waals surface area contributed by atoms with E-state index in [9.17, 15) is 9.90 Å². The Labute approximate surface area is 195 Å². The average molecular weight is 463 g/mol. The molecule has 1 heterocycles. The van der Waals surface area contributed by atoms with E-state index < -0.39 is 5.60 Å². The molecule has 0 aromatic heterocycles. The largest absolute Gasteiger partial charge is 0.385 e. The molecule has 2 aromatic carbocycles. The SMILES string of the molecule is CCc1cccc(-c2c(Cl)cccc2C(O)(CCCNC(=O)CCl)C2CCCNC2)c1. The maximum atomic E-state index is 12.2. The van der Waals surface area contributed by atoms with Crippen LogP contribution in [0.15, 0.2) is 42.5 Å². The first kappa shape index (κ1) is 24.1. The predicted octanol–water partition coefficient (Wildman–Crippen LogP) is 4.89. The van der Waals surface area contributed by atoms with Gasteiger partial charge in [0.15, 0.2) is 0 Å². The third kappa shape index (κ3) is 5.81. The van der Waals surface area contributed by atoms with Crippen molar-refractivity contribution in [3.8, 4) is 11.1 Å². The number of carbonyl (C=O) groups excluding carboxylic acids is 1. The minimum Gasteiger partial charge on any atom is -0.385 e. The third-order valence-electron chi connectivity index (χ3n) is 6.25. The van der Waals surface area contributed by atoms with Gasteiger partial charge in [-0.1, -0.05) is 54.9 Å². The van der Waals surface area contributed by atoms with Gasteiger partial charge in [0.05, 0.1) is 5.60 Å². The highest BCUT2D eigenvalue weighted by atomic mass is 35.5. The van der Waals surface area contributed by atoms with Crippen molar-refractivity contribution in [3.05, 3.63) is 58.6 Å². The molecule has 1 fully saturated rings. The summed E-state index contributed by atoms with van der Waals surface area (Å²) in [6.45, 7) is 4.34. The summed E-state index contributed by atoms with van der Waals surface area (Å²) in [6, 6.07) is 14.2. The number of halogens is 2. The topological polar surface area (TPSA) is 61.4 Å². The summed E-state index contributed by atoms with van der Waals surface area (Å²) < 4.78 is 0. The van der Waals surface area contributed by atoms with Gasteiger partial charge in [-0.2, -0.15) is 0 Å². The lowest BCUT2D eigenvalue weighted by Gasteiger charge is -2.40. The molecule has 1 aliphatic rings. The highest BCUT2D eigenvalue weighted by molar-refractivity contribution is 6.33. The second-order valence-electron chi connectivity index (χ2n) is 8.27. The molecule has 0 saturated carbocycles. The molecular formula is C25H32Cl2N2O2. The quantitative estimate of drug-likeness (QED) is 0.367. The Hall–Kier alpha value is -1.59. The van der Waals surface area contributed by atoms with Crippen LogP contribution in [0.3, 0.4) is 0 Å². The van der Waals surface area contributed by atoms with E-state index in [-0.39, 0.29) is 17.7 Å². The minimum atomic E-state index is -1.05. The Balaban J connectivity index is 2.00. The van der Waals surface area contributed by atoms with Gasteiger partial charge in [0.1, 0.15) is 5.88 Å². The molecule has 1 saturated heterocycles. The van der Waals surface area contributed by atoms with Crippen LogP contribution in [0.1, 0.15) is 43.7 Å². The molecule has 2 aromatic rings. The number of alkyl halides is 1. The van der Waals surface area contributed by atoms with Gasteiger partial charge in [0.25, 0.3) is 0 Å². The Bertz CT molecular complexity index is 884. The van der Waals surface area contributed by atoms with Gasteiger partial charge in [-0.25, -0.2) is 0 Å². The van der Waals surface area contributed by atoms with Crippen molar-refractivity contribution in [2.24, 2.45) is 5.92 Å². The van der Waals surface area contributed by atoms with Gasteiger partial charge in [0.2, 0.25) is 5.91 Å². The summed E-state index contributed by atoms with van der Waals surface area (Å²) in [7, 11) is 0. The summed E-state index contributed by atoms with van der Waals surface area (Å²) >= 11 is 12.3. The zero-order chi connectivity index (χ0) is 22.3. The first-order chi connectivity index (χ1) is 15.0. The number of hydrogen-bond acceptors (Lipinski definition) is 3. The fourth-order valence-electron chi connectivity index (χ4n) is 4.58. The number of amides is 1. The molecule has 168 valence electrons. The summed E-state index contributed by atoms with van der Waals surface area (Å²) in [4.78, 5) is 11.5. The van der Waals surface area contributed by atoms with E-state index in [2.05, 4.69) is 35.8 Å². The Morgan fingerprint density at radius 2 is 2.10 bits per heavy atom. The highest BCUT2D eigenvalue weighted by Gasteiger charge is 2.40. The van der Waals surface area contributed by atoms with E-state index in [1.807, 2.05) is 24.3 Å². The molecule has 2 atom stereocenters. The standard InChI is InChI=1S/C25H32Cl2N2O2/c1-2-18-7-3-8-19(15-18)24-21(10-4-11-22(24)27)25(31,20-9-5-13-28-17-20)12-6-14-29-23(30)16-26/h3-4,7-8,10-11,15,20,28,31H,2,5-6,9,12-14,16-17H2,1H3,(H,29,30). The van der Waals surface area contributed by atoms with Crippen LogP contribution in [0.4, 0.5) is 0 Å². The van der Waals surface area contributed by atoms with Crippen molar-refractivity contribution in [1.29, 1.82) is 0 Å². The first-order valence-electron chi connectivity index (χ1n) is 11.1. The highest BCUT2D eigenvalue weighted by Crippen LogP contribution is 2.44. The molecule has 1 amide bonds. The summed E-state index contributed by atoms with van der Waals surface area (Å²) in [5, 5.41) is 19.1. The normalized spacial score (nSPS) is 18.4. The fraction of sp³-hybridized carbons (Fsp3) is 0.480. The van der Waals surface area contributed by atoms with Crippen LogP contribution in [0.2, 0.25) is 5.02 Å². The Morgan fingerprint density at radius 1 is 1.29 bits per heavy atom. The lowest BCUT2D eigenvalue weighted by atomic mass is 9.72. The first-order valence-corrected chi connectivity index (χ1v) is 12.0. The molecule has 3 N–H and O–H groups in total. The molecule has 3 rings (SSSR count). The van der Waals surface area contributed by atoms with E-state index in [4.69, 9.17) is 23.2 Å². The summed E-state index contributed by atoms with van der Waals surface area (Å²) in [6.07, 6.45) is 4.08. The number of aliphatic hydroxyl groups is 1. The van der Waals surface area contributed by atoms with E-state index in [0.717, 1.165) is 49.0 Å². The van der Waals surface area contributed by atoms with Crippen LogP contribution < -0.4 is 10.6 Å². The summed E-state index contributed by atoms with van der Waals surface area (Å²) in [5.41, 5.74) is 2.97. The zero-order valence-corrected chi connectivity index (χ0v) is 19.6. The number of benzene rings is 2. The monoisotopic (exact) mass is 462 g/mol. The number of aryl methyl sites for hydroxylation is 1. The number of nitrogens with one attached hydrogen (secondary N) is 2. The van der Waals surface area contributed by atoms with Crippen LogP contribution >= 0.6 is 23.2 Å². The van der Waals surface area contributed by atoms with Crippen LogP contribution in [0.25, 0.3) is 11.1 Å². The molecule has 0 radical (unpaired) electrons. The van der Waals surface area contributed by atoms with Gasteiger partial charge in [-0.15, -0.1) is 11.6 Å². The van der Waals surface area contributed by atoms with Gasteiger partial charge in [-0.05, 0) is 61.4 Å². The van der Waals surface area contributed by atoms with E-state index in [1.165, 1.54) is 5.56 Å². The molecule has 4 nitrogen and oxygen atoms in total. The number of piperidine rings is 1. The second-order valence-corrected chi connectivity index (χ2v) is 8.95. The van der Waals surface area contributed by atoms with Crippen molar-refractivity contribution in [3.63, 3.8) is 0 Å². The number of hydrogen-bond donors (Lipinski definition) is 3. The maximum Gasteiger partial charge on any atom is 0.234 e. The smallest absolute Gasteiger partial charge is 0.234 e. The van der Waals surface area contributed by atoms with Crippen molar-refractivity contribution in [2.45, 2.75) is 44.6 Å². The van der Waals surface area contributed by atoms with Crippen molar-refractivity contribution < 1.29 is 9.90 Å². The summed E-state index contributed by atoms with van der Waals surface area (Å²) in [5.74, 6) is -0.177. The molecule has 0 aliphatic carbocycles. The number of rotatable bonds is 9. The second kappa shape index (κ2) is 11.3. The van der Waals surface area contributed by atoms with Gasteiger partial charge in [-0.3, -0.25) is 4.79 Å². The number of carbonyl (C=O) groups is 1. The molecule has 6 heteroatoms. The van der Waals surface area contributed by atoms with Crippen LogP contribution in [0.5, 0.6) is 0 Å². The van der Waals surface area contributed by atoms with E-state index in [0.29, 0.717) is 24.4 Å². The van der Waals surface area contributed by atoms with E-state index in [1.54, 1.807) is 0 Å². The molecule has 2 unspecified atom stereocenters.